The molecule has 3 rings (SSSR count). The lowest BCUT2D eigenvalue weighted by Crippen LogP contribution is -2.22. The topological polar surface area (TPSA) is 64.0 Å². The van der Waals surface area contributed by atoms with E-state index in [-0.39, 0.29) is 16.8 Å². The first-order valence-corrected chi connectivity index (χ1v) is 10.1. The molecule has 0 atom stereocenters. The fourth-order valence-electron chi connectivity index (χ4n) is 2.43. The van der Waals surface area contributed by atoms with Gasteiger partial charge < -0.3 is 0 Å². The molecule has 0 spiro atoms. The number of nitrogens with zero attached hydrogens (tertiary/aromatic N) is 2. The number of nitrogens with one attached hydrogen (secondary N) is 1. The summed E-state index contributed by atoms with van der Waals surface area (Å²) in [6.45, 7) is 3.93. The van der Waals surface area contributed by atoms with Crippen LogP contribution in [0.3, 0.4) is 0 Å². The van der Waals surface area contributed by atoms with Gasteiger partial charge in [0.05, 0.1) is 5.69 Å². The molecule has 3 aromatic rings. The highest BCUT2D eigenvalue weighted by Gasteiger charge is 2.19. The molecule has 0 saturated carbocycles. The lowest BCUT2D eigenvalue weighted by Gasteiger charge is -2.09. The Morgan fingerprint density at radius 3 is 2.76 bits per heavy atom. The Labute approximate surface area is 150 Å². The zero-order valence-electron chi connectivity index (χ0n) is 13.8. The molecule has 0 unspecified atom stereocenters. The standard InChI is InChI=1S/C17H18FN3O2S2/c1-12(2)21-16(7-8-19-21)14-9-17(24-11-14)25(22,23)20-10-13-5-3-4-6-15(13)18/h3-9,11-12,20H,10H2,1-2H3. The van der Waals surface area contributed by atoms with Crippen molar-refractivity contribution in [3.63, 3.8) is 0 Å². The van der Waals surface area contributed by atoms with Crippen LogP contribution in [0.2, 0.25) is 0 Å². The molecule has 132 valence electrons. The van der Waals surface area contributed by atoms with Crippen molar-refractivity contribution < 1.29 is 12.8 Å². The largest absolute Gasteiger partial charge is 0.262 e. The summed E-state index contributed by atoms with van der Waals surface area (Å²) in [5.74, 6) is -0.432. The van der Waals surface area contributed by atoms with E-state index >= 15 is 0 Å². The SMILES string of the molecule is CC(C)n1nccc1-c1csc(S(=O)(=O)NCc2ccccc2F)c1. The van der Waals surface area contributed by atoms with Gasteiger partial charge in [-0.25, -0.2) is 17.5 Å². The van der Waals surface area contributed by atoms with Crippen molar-refractivity contribution in [1.29, 1.82) is 0 Å². The van der Waals surface area contributed by atoms with Crippen molar-refractivity contribution in [2.45, 2.75) is 30.6 Å². The monoisotopic (exact) mass is 379 g/mol. The second-order valence-corrected chi connectivity index (χ2v) is 8.73. The molecular formula is C17H18FN3O2S2. The van der Waals surface area contributed by atoms with Crippen LogP contribution in [0.15, 0.2) is 52.2 Å². The summed E-state index contributed by atoms with van der Waals surface area (Å²) >= 11 is 1.13. The average molecular weight is 379 g/mol. The minimum absolute atomic E-state index is 0.0911. The molecule has 25 heavy (non-hydrogen) atoms. The lowest BCUT2D eigenvalue weighted by molar-refractivity contribution is 0.538. The van der Waals surface area contributed by atoms with Crippen molar-refractivity contribution >= 4 is 21.4 Å². The third kappa shape index (κ3) is 3.81. The maximum Gasteiger partial charge on any atom is 0.250 e. The zero-order chi connectivity index (χ0) is 18.0. The van der Waals surface area contributed by atoms with E-state index in [2.05, 4.69) is 9.82 Å². The molecular weight excluding hydrogens is 361 g/mol. The van der Waals surface area contributed by atoms with Gasteiger partial charge in [0.15, 0.2) is 0 Å². The van der Waals surface area contributed by atoms with Gasteiger partial charge in [-0.3, -0.25) is 4.68 Å². The predicted octanol–water partition coefficient (Wildman–Crippen LogP) is 3.81. The Hall–Kier alpha value is -2.03. The number of hydrogen-bond acceptors (Lipinski definition) is 4. The fraction of sp³-hybridized carbons (Fsp3) is 0.235. The van der Waals surface area contributed by atoms with Crippen LogP contribution in [0.1, 0.15) is 25.5 Å². The molecule has 0 fully saturated rings. The van der Waals surface area contributed by atoms with Crippen molar-refractivity contribution in [2.24, 2.45) is 0 Å². The van der Waals surface area contributed by atoms with E-state index < -0.39 is 15.8 Å². The molecule has 1 aromatic carbocycles. The number of sulfonamides is 1. The lowest BCUT2D eigenvalue weighted by atomic mass is 10.2. The summed E-state index contributed by atoms with van der Waals surface area (Å²) in [6, 6.07) is 9.73. The van der Waals surface area contributed by atoms with Crippen LogP contribution in [-0.2, 0) is 16.6 Å². The molecule has 0 aliphatic rings. The average Bonchev–Trinajstić information content (AvgIpc) is 3.23. The number of hydrogen-bond donors (Lipinski definition) is 1. The minimum atomic E-state index is -3.71. The van der Waals surface area contributed by atoms with Crippen LogP contribution >= 0.6 is 11.3 Å². The van der Waals surface area contributed by atoms with Crippen LogP contribution in [-0.4, -0.2) is 18.2 Å². The van der Waals surface area contributed by atoms with Crippen molar-refractivity contribution in [1.82, 2.24) is 14.5 Å². The maximum absolute atomic E-state index is 13.6. The highest BCUT2D eigenvalue weighted by molar-refractivity contribution is 7.91. The van der Waals surface area contributed by atoms with Crippen molar-refractivity contribution in [2.75, 3.05) is 0 Å². The van der Waals surface area contributed by atoms with Crippen LogP contribution in [0.5, 0.6) is 0 Å². The smallest absolute Gasteiger partial charge is 0.250 e. The Bertz CT molecular complexity index is 977. The van der Waals surface area contributed by atoms with E-state index in [0.29, 0.717) is 5.56 Å². The summed E-state index contributed by atoms with van der Waals surface area (Å²) < 4.78 is 43.1. The summed E-state index contributed by atoms with van der Waals surface area (Å²) in [7, 11) is -3.71. The normalized spacial score (nSPS) is 12.0. The molecule has 0 radical (unpaired) electrons. The molecule has 0 saturated heterocycles. The van der Waals surface area contributed by atoms with E-state index in [1.807, 2.05) is 24.6 Å². The number of benzene rings is 1. The van der Waals surface area contributed by atoms with Crippen LogP contribution in [0, 0.1) is 5.82 Å². The van der Waals surface area contributed by atoms with E-state index in [1.54, 1.807) is 35.8 Å². The first-order chi connectivity index (χ1) is 11.9. The van der Waals surface area contributed by atoms with Gasteiger partial charge in [-0.2, -0.15) is 5.10 Å². The van der Waals surface area contributed by atoms with E-state index in [4.69, 9.17) is 0 Å². The van der Waals surface area contributed by atoms with Gasteiger partial charge in [-0.15, -0.1) is 11.3 Å². The van der Waals surface area contributed by atoms with Gasteiger partial charge in [-0.05, 0) is 32.0 Å². The molecule has 0 bridgehead atoms. The minimum Gasteiger partial charge on any atom is -0.262 e. The highest BCUT2D eigenvalue weighted by Crippen LogP contribution is 2.29. The van der Waals surface area contributed by atoms with E-state index in [1.165, 1.54) is 6.07 Å². The number of halogens is 1. The Morgan fingerprint density at radius 2 is 2.04 bits per heavy atom. The van der Waals surface area contributed by atoms with E-state index in [0.717, 1.165) is 22.6 Å². The molecule has 1 N–H and O–H groups in total. The highest BCUT2D eigenvalue weighted by atomic mass is 32.2. The molecule has 0 amide bonds. The third-order valence-electron chi connectivity index (χ3n) is 3.71. The van der Waals surface area contributed by atoms with E-state index in [9.17, 15) is 12.8 Å². The Kier molecular flexibility index (Phi) is 5.03. The predicted molar refractivity (Wildman–Crippen MR) is 96.4 cm³/mol. The Morgan fingerprint density at radius 1 is 1.28 bits per heavy atom. The summed E-state index contributed by atoms with van der Waals surface area (Å²) in [5, 5.41) is 6.05. The van der Waals surface area contributed by atoms with Gasteiger partial charge in [0.2, 0.25) is 10.0 Å². The summed E-state index contributed by atoms with van der Waals surface area (Å²) in [4.78, 5) is 0. The van der Waals surface area contributed by atoms with Gasteiger partial charge in [0.1, 0.15) is 10.0 Å². The molecule has 2 heterocycles. The number of thiophene rings is 1. The molecule has 0 aliphatic heterocycles. The first-order valence-electron chi connectivity index (χ1n) is 7.74. The summed E-state index contributed by atoms with van der Waals surface area (Å²) in [5.41, 5.74) is 1.96. The van der Waals surface area contributed by atoms with Gasteiger partial charge in [0, 0.05) is 35.3 Å². The van der Waals surface area contributed by atoms with Crippen LogP contribution in [0.4, 0.5) is 4.39 Å². The Balaban J connectivity index is 1.81. The van der Waals surface area contributed by atoms with Gasteiger partial charge in [-0.1, -0.05) is 18.2 Å². The molecule has 2 aromatic heterocycles. The zero-order valence-corrected chi connectivity index (χ0v) is 15.4. The third-order valence-corrected chi connectivity index (χ3v) is 6.55. The van der Waals surface area contributed by atoms with Crippen molar-refractivity contribution in [3.05, 3.63) is 59.4 Å². The van der Waals surface area contributed by atoms with Crippen molar-refractivity contribution in [3.8, 4) is 11.3 Å². The second kappa shape index (κ2) is 7.07. The second-order valence-electron chi connectivity index (χ2n) is 5.83. The van der Waals surface area contributed by atoms with Gasteiger partial charge in [0.25, 0.3) is 0 Å². The van der Waals surface area contributed by atoms with Gasteiger partial charge >= 0.3 is 0 Å². The molecule has 0 aliphatic carbocycles. The first kappa shape index (κ1) is 17.8. The number of aromatic nitrogens is 2. The molecule has 8 heteroatoms. The maximum atomic E-state index is 13.6. The van der Waals surface area contributed by atoms with Crippen LogP contribution in [0.25, 0.3) is 11.3 Å². The quantitative estimate of drug-likeness (QED) is 0.708. The van der Waals surface area contributed by atoms with Crippen LogP contribution < -0.4 is 4.72 Å². The number of rotatable bonds is 6. The summed E-state index contributed by atoms with van der Waals surface area (Å²) in [6.07, 6.45) is 1.69. The fourth-order valence-corrected chi connectivity index (χ4v) is 4.66. The molecule has 5 nitrogen and oxygen atoms in total.